The Hall–Kier alpha value is -11.9. The zero-order valence-electron chi connectivity index (χ0n) is 52.9. The van der Waals surface area contributed by atoms with E-state index in [1.54, 1.807) is 51.9 Å². The molecule has 0 amide bonds. The number of nitrogens with zero attached hydrogens (tertiary/aromatic N) is 5. The topological polar surface area (TPSA) is 16.2 Å². The van der Waals surface area contributed by atoms with Gasteiger partial charge in [-0.1, -0.05) is 199 Å². The molecule has 472 valence electrons. The standard InChI is InChI=1S/C85H53B2F6N5S/c1-52-21-11-14-38-72(52)96-75-51-79-65(50-64(75)86-62-30-12-15-39-73(62)97(84-68(90)34-19-35-69(84)91)77-47-60(46-76(96)81(77)86)95(57-27-9-4-10-28-57)83-66(88)32-18-33-67(83)89)87-63-31-13-16-40-74(63)98(85-70(92)36-20-37-71(85)93)78-48-61(49-80(99-79)82(78)87)94(58-43-41-55(42-44-58)53-22-5-2-6-23-53)59-29-17-26-56(45-59)54-24-7-3-8-25-54/h2-51H,1H3. The van der Waals surface area contributed by atoms with Crippen LogP contribution >= 0.6 is 11.8 Å². The predicted octanol–water partition coefficient (Wildman–Crippen LogP) is 19.9. The first-order chi connectivity index (χ1) is 48.5. The molecule has 14 aromatic carbocycles. The Morgan fingerprint density at radius 2 is 0.707 bits per heavy atom. The first-order valence-electron chi connectivity index (χ1n) is 32.7. The van der Waals surface area contributed by atoms with E-state index in [0.29, 0.717) is 45.3 Å². The van der Waals surface area contributed by atoms with Crippen LogP contribution in [0, 0.1) is 41.8 Å². The van der Waals surface area contributed by atoms with Crippen LogP contribution in [0.3, 0.4) is 0 Å². The second-order valence-electron chi connectivity index (χ2n) is 25.1. The highest BCUT2D eigenvalue weighted by atomic mass is 32.2. The van der Waals surface area contributed by atoms with Gasteiger partial charge in [0.1, 0.15) is 52.0 Å². The lowest BCUT2D eigenvalue weighted by Gasteiger charge is -2.46. The second kappa shape index (κ2) is 23.8. The Morgan fingerprint density at radius 1 is 0.273 bits per heavy atom. The van der Waals surface area contributed by atoms with Gasteiger partial charge in [-0.15, -0.1) is 0 Å². The molecule has 0 radical (unpaired) electrons. The summed E-state index contributed by atoms with van der Waals surface area (Å²) in [5, 5.41) is 0. The van der Waals surface area contributed by atoms with Crippen molar-refractivity contribution < 1.29 is 26.3 Å². The maximum absolute atomic E-state index is 17.2. The van der Waals surface area contributed by atoms with E-state index in [2.05, 4.69) is 107 Å². The minimum Gasteiger partial charge on any atom is -0.311 e. The fraction of sp³-hybridized carbons (Fsp3) is 0.0118. The highest BCUT2D eigenvalue weighted by molar-refractivity contribution is 8.00. The SMILES string of the molecule is Cc1ccccc1N1c2cc3c(cc2B2c4ccccc4N(c4c(F)cccc4F)c4cc(N(c5ccccc5)c5c(F)cccc5F)cc1c42)B1c2ccccc2N(c2c(F)cccc2F)c2cc(N(c4ccc(-c5ccccc5)cc4)c4cccc(-c5ccccc5)c4)cc(c21)S3. The van der Waals surface area contributed by atoms with Gasteiger partial charge in [-0.25, -0.2) is 26.3 Å². The molecule has 0 spiro atoms. The summed E-state index contributed by atoms with van der Waals surface area (Å²) in [5.74, 6) is -4.74. The Labute approximate surface area is 573 Å². The molecule has 4 aliphatic heterocycles. The molecule has 5 nitrogen and oxygen atoms in total. The highest BCUT2D eigenvalue weighted by Gasteiger charge is 2.49. The molecule has 0 saturated carbocycles. The van der Waals surface area contributed by atoms with Crippen LogP contribution in [0.1, 0.15) is 5.56 Å². The molecule has 0 aliphatic carbocycles. The Morgan fingerprint density at radius 3 is 1.29 bits per heavy atom. The van der Waals surface area contributed by atoms with E-state index in [1.807, 2.05) is 128 Å². The maximum atomic E-state index is 17.2. The lowest BCUT2D eigenvalue weighted by atomic mass is 9.31. The van der Waals surface area contributed by atoms with Crippen LogP contribution in [0.5, 0.6) is 0 Å². The molecule has 4 heterocycles. The molecule has 14 heteroatoms. The smallest absolute Gasteiger partial charge is 0.252 e. The summed E-state index contributed by atoms with van der Waals surface area (Å²) in [6.45, 7) is 0.873. The quantitative estimate of drug-likeness (QED) is 0.0941. The molecular weight excluding hydrogens is 1260 g/mol. The van der Waals surface area contributed by atoms with Crippen LogP contribution in [0.4, 0.5) is 112 Å². The molecule has 0 saturated heterocycles. The van der Waals surface area contributed by atoms with Gasteiger partial charge in [0.05, 0.1) is 5.69 Å². The Bertz CT molecular complexity index is 5530. The molecule has 0 atom stereocenters. The Kier molecular flexibility index (Phi) is 14.3. The van der Waals surface area contributed by atoms with E-state index in [1.165, 1.54) is 59.5 Å². The third kappa shape index (κ3) is 9.67. The van der Waals surface area contributed by atoms with E-state index >= 15 is 26.3 Å². The molecule has 0 unspecified atom stereocenters. The number of anilines is 15. The van der Waals surface area contributed by atoms with Crippen molar-refractivity contribution in [2.45, 2.75) is 16.7 Å². The highest BCUT2D eigenvalue weighted by Crippen LogP contribution is 2.53. The van der Waals surface area contributed by atoms with Gasteiger partial charge < -0.3 is 24.5 Å². The van der Waals surface area contributed by atoms with Crippen molar-refractivity contribution in [2.75, 3.05) is 24.5 Å². The monoisotopic (exact) mass is 1310 g/mol. The van der Waals surface area contributed by atoms with E-state index < -0.39 is 48.3 Å². The van der Waals surface area contributed by atoms with Gasteiger partial charge in [0.25, 0.3) is 6.71 Å². The van der Waals surface area contributed by atoms with Gasteiger partial charge in [-0.2, -0.15) is 0 Å². The van der Waals surface area contributed by atoms with Crippen molar-refractivity contribution in [2.24, 2.45) is 0 Å². The van der Waals surface area contributed by atoms with E-state index in [-0.39, 0.29) is 17.1 Å². The van der Waals surface area contributed by atoms with Crippen LogP contribution in [0.2, 0.25) is 0 Å². The number of para-hydroxylation sites is 7. The van der Waals surface area contributed by atoms with Crippen LogP contribution < -0.4 is 57.3 Å². The normalized spacial score (nSPS) is 12.9. The number of halogens is 6. The van der Waals surface area contributed by atoms with Gasteiger partial charge in [0, 0.05) is 72.4 Å². The summed E-state index contributed by atoms with van der Waals surface area (Å²) >= 11 is 1.57. The number of aryl methyl sites for hydroxylation is 1. The lowest BCUT2D eigenvalue weighted by molar-refractivity contribution is 0.585. The van der Waals surface area contributed by atoms with Crippen molar-refractivity contribution >= 4 is 143 Å². The molecule has 18 rings (SSSR count). The minimum absolute atomic E-state index is 0.218. The van der Waals surface area contributed by atoms with Crippen LogP contribution in [-0.4, -0.2) is 13.4 Å². The lowest BCUT2D eigenvalue weighted by Crippen LogP contribution is -2.64. The van der Waals surface area contributed by atoms with Crippen molar-refractivity contribution in [3.63, 3.8) is 0 Å². The van der Waals surface area contributed by atoms with Crippen molar-refractivity contribution in [3.8, 4) is 22.3 Å². The van der Waals surface area contributed by atoms with Crippen LogP contribution in [-0.2, 0) is 0 Å². The fourth-order valence-electron chi connectivity index (χ4n) is 15.4. The van der Waals surface area contributed by atoms with Gasteiger partial charge in [-0.3, -0.25) is 0 Å². The summed E-state index contributed by atoms with van der Waals surface area (Å²) in [6.07, 6.45) is 0. The predicted molar refractivity (Wildman–Crippen MR) is 395 cm³/mol. The van der Waals surface area contributed by atoms with E-state index in [9.17, 15) is 0 Å². The number of fused-ring (bicyclic) bond motifs is 8. The van der Waals surface area contributed by atoms with Crippen molar-refractivity contribution in [1.82, 2.24) is 0 Å². The molecule has 99 heavy (non-hydrogen) atoms. The first kappa shape index (κ1) is 59.6. The largest absolute Gasteiger partial charge is 0.311 e. The zero-order valence-corrected chi connectivity index (χ0v) is 53.8. The van der Waals surface area contributed by atoms with Gasteiger partial charge >= 0.3 is 0 Å². The summed E-state index contributed by atoms with van der Waals surface area (Å²) in [5.41, 5.74) is 16.4. The molecule has 0 fully saturated rings. The molecule has 4 aliphatic rings. The summed E-state index contributed by atoms with van der Waals surface area (Å²) in [6, 6.07) is 93.8. The third-order valence-corrected chi connectivity index (χ3v) is 20.7. The molecule has 0 bridgehead atoms. The minimum atomic E-state index is -0.821. The summed E-state index contributed by atoms with van der Waals surface area (Å²) in [7, 11) is 0. The molecule has 0 N–H and O–H groups in total. The molecule has 14 aromatic rings. The fourth-order valence-corrected chi connectivity index (χ4v) is 16.6. The van der Waals surface area contributed by atoms with E-state index in [4.69, 9.17) is 0 Å². The van der Waals surface area contributed by atoms with Gasteiger partial charge in [0.15, 0.2) is 0 Å². The zero-order chi connectivity index (χ0) is 66.7. The van der Waals surface area contributed by atoms with Gasteiger partial charge in [0.2, 0.25) is 6.71 Å². The Balaban J connectivity index is 0.919. The van der Waals surface area contributed by atoms with Crippen molar-refractivity contribution in [3.05, 3.63) is 344 Å². The number of hydrogen-bond acceptors (Lipinski definition) is 6. The average molecular weight is 1310 g/mol. The molecular formula is C85H53B2F6N5S. The first-order valence-corrected chi connectivity index (χ1v) is 33.5. The third-order valence-electron chi connectivity index (χ3n) is 19.6. The molecule has 0 aromatic heterocycles. The average Bonchev–Trinajstić information content (AvgIpc) is 0.689. The van der Waals surface area contributed by atoms with E-state index in [0.717, 1.165) is 93.4 Å². The van der Waals surface area contributed by atoms with Gasteiger partial charge in [-0.05, 0) is 183 Å². The van der Waals surface area contributed by atoms with Crippen LogP contribution in [0.25, 0.3) is 22.3 Å². The summed E-state index contributed by atoms with van der Waals surface area (Å²) < 4.78 is 102. The number of hydrogen-bond donors (Lipinski definition) is 0. The maximum Gasteiger partial charge on any atom is 0.252 e. The van der Waals surface area contributed by atoms with Crippen LogP contribution in [0.15, 0.2) is 313 Å². The number of benzene rings is 14. The van der Waals surface area contributed by atoms with Crippen molar-refractivity contribution in [1.29, 1.82) is 0 Å². The second-order valence-corrected chi connectivity index (χ2v) is 26.2. The number of rotatable bonds is 11. The summed E-state index contributed by atoms with van der Waals surface area (Å²) in [4.78, 5) is 11.0.